The van der Waals surface area contributed by atoms with E-state index in [1.807, 2.05) is 0 Å². The van der Waals surface area contributed by atoms with Crippen molar-refractivity contribution >= 4 is 34.1 Å². The van der Waals surface area contributed by atoms with Gasteiger partial charge in [-0.3, -0.25) is 0 Å². The van der Waals surface area contributed by atoms with Crippen LogP contribution in [0.25, 0.3) is 16.6 Å². The predicted molar refractivity (Wildman–Crippen MR) is 93.9 cm³/mol. The molecule has 29 heavy (non-hydrogen) atoms. The van der Waals surface area contributed by atoms with Crippen LogP contribution in [0.5, 0.6) is 0 Å². The normalized spacial score (nSPS) is 15.0. The molecule has 156 valence electrons. The fourth-order valence-electron chi connectivity index (χ4n) is 2.91. The summed E-state index contributed by atoms with van der Waals surface area (Å²) in [7, 11) is 0. The Morgan fingerprint density at radius 2 is 1.52 bits per heavy atom. The summed E-state index contributed by atoms with van der Waals surface area (Å²) in [5, 5.41) is 8.46. The summed E-state index contributed by atoms with van der Waals surface area (Å²) in [6.45, 7) is 0.439. The van der Waals surface area contributed by atoms with Gasteiger partial charge in [0.15, 0.2) is 5.60 Å². The van der Waals surface area contributed by atoms with E-state index in [0.29, 0.717) is 19.1 Å². The number of fused-ring (bicyclic) bond motifs is 1. The quantitative estimate of drug-likeness (QED) is 0.415. The van der Waals surface area contributed by atoms with E-state index >= 15 is 0 Å². The predicted octanol–water partition coefficient (Wildman–Crippen LogP) is 6.87. The Labute approximate surface area is 169 Å². The molecule has 0 radical (unpaired) electrons. The van der Waals surface area contributed by atoms with Crippen molar-refractivity contribution in [1.82, 2.24) is 4.57 Å². The standard InChI is InChI=1S/C18H10Cl2F7NO/c1-16(29,18(25,26)27)9-7-28(13-4-2-3-12(21)14(9)13)15-10(19)5-8(6-11(15)20)17(22,23)24/h2-7,29H,1H3. The third kappa shape index (κ3) is 3.55. The third-order valence-electron chi connectivity index (χ3n) is 4.44. The van der Waals surface area contributed by atoms with Gasteiger partial charge < -0.3 is 9.67 Å². The highest BCUT2D eigenvalue weighted by atomic mass is 35.5. The van der Waals surface area contributed by atoms with E-state index in [1.165, 1.54) is 12.1 Å². The zero-order chi connectivity index (χ0) is 21.9. The van der Waals surface area contributed by atoms with Crippen LogP contribution in [0.1, 0.15) is 18.1 Å². The first-order chi connectivity index (χ1) is 13.2. The molecule has 2 nitrogen and oxygen atoms in total. The number of rotatable bonds is 2. The van der Waals surface area contributed by atoms with Crippen molar-refractivity contribution < 1.29 is 35.8 Å². The molecule has 0 saturated heterocycles. The Morgan fingerprint density at radius 1 is 0.966 bits per heavy atom. The smallest absolute Gasteiger partial charge is 0.376 e. The van der Waals surface area contributed by atoms with Crippen LogP contribution in [-0.4, -0.2) is 15.8 Å². The lowest BCUT2D eigenvalue weighted by Gasteiger charge is -2.26. The van der Waals surface area contributed by atoms with Gasteiger partial charge in [0.2, 0.25) is 0 Å². The van der Waals surface area contributed by atoms with Crippen molar-refractivity contribution in [2.24, 2.45) is 0 Å². The van der Waals surface area contributed by atoms with Crippen LogP contribution in [0.15, 0.2) is 36.5 Å². The summed E-state index contributed by atoms with van der Waals surface area (Å²) in [5.41, 5.74) is -5.93. The molecule has 0 fully saturated rings. The summed E-state index contributed by atoms with van der Waals surface area (Å²) >= 11 is 11.9. The summed E-state index contributed by atoms with van der Waals surface area (Å²) < 4.78 is 94.3. The Morgan fingerprint density at radius 3 is 2.00 bits per heavy atom. The van der Waals surface area contributed by atoms with Crippen LogP contribution in [0.4, 0.5) is 30.7 Å². The van der Waals surface area contributed by atoms with Crippen molar-refractivity contribution in [2.45, 2.75) is 24.9 Å². The molecule has 0 aliphatic heterocycles. The number of halogens is 9. The number of benzene rings is 2. The van der Waals surface area contributed by atoms with Gasteiger partial charge in [-0.15, -0.1) is 0 Å². The van der Waals surface area contributed by atoms with Crippen molar-refractivity contribution in [3.05, 3.63) is 63.5 Å². The van der Waals surface area contributed by atoms with Crippen LogP contribution in [0.3, 0.4) is 0 Å². The van der Waals surface area contributed by atoms with Gasteiger partial charge in [0, 0.05) is 17.1 Å². The highest BCUT2D eigenvalue weighted by molar-refractivity contribution is 6.38. The molecule has 0 aliphatic carbocycles. The molecule has 0 aliphatic rings. The number of hydrogen-bond donors (Lipinski definition) is 1. The van der Waals surface area contributed by atoms with Crippen molar-refractivity contribution in [3.8, 4) is 5.69 Å². The second-order valence-corrected chi connectivity index (χ2v) is 7.22. The minimum atomic E-state index is -5.16. The monoisotopic (exact) mass is 459 g/mol. The van der Waals surface area contributed by atoms with Crippen molar-refractivity contribution in [2.75, 3.05) is 0 Å². The second kappa shape index (κ2) is 6.78. The molecule has 3 rings (SSSR count). The zero-order valence-corrected chi connectivity index (χ0v) is 15.8. The van der Waals surface area contributed by atoms with E-state index in [1.54, 1.807) is 0 Å². The first-order valence-corrected chi connectivity index (χ1v) is 8.57. The molecule has 3 aromatic rings. The summed E-state index contributed by atoms with van der Waals surface area (Å²) in [4.78, 5) is 0. The highest BCUT2D eigenvalue weighted by Crippen LogP contribution is 2.45. The van der Waals surface area contributed by atoms with Gasteiger partial charge in [0.05, 0.1) is 26.8 Å². The van der Waals surface area contributed by atoms with Gasteiger partial charge in [-0.05, 0) is 31.2 Å². The van der Waals surface area contributed by atoms with E-state index in [-0.39, 0.29) is 11.2 Å². The summed E-state index contributed by atoms with van der Waals surface area (Å²) in [6.07, 6.45) is -9.18. The Balaban J connectivity index is 2.38. The number of hydrogen-bond acceptors (Lipinski definition) is 1. The van der Waals surface area contributed by atoms with Gasteiger partial charge in [-0.2, -0.15) is 26.3 Å². The highest BCUT2D eigenvalue weighted by Gasteiger charge is 2.53. The third-order valence-corrected chi connectivity index (χ3v) is 5.02. The molecule has 0 spiro atoms. The average Bonchev–Trinajstić information content (AvgIpc) is 2.94. The molecule has 1 atom stereocenters. The van der Waals surface area contributed by atoms with E-state index in [4.69, 9.17) is 23.2 Å². The minimum Gasteiger partial charge on any atom is -0.376 e. The van der Waals surface area contributed by atoms with E-state index in [9.17, 15) is 35.8 Å². The van der Waals surface area contributed by atoms with Gasteiger partial charge in [0.25, 0.3) is 0 Å². The van der Waals surface area contributed by atoms with Gasteiger partial charge in [-0.1, -0.05) is 29.3 Å². The molecule has 1 unspecified atom stereocenters. The molecule has 2 aromatic carbocycles. The van der Waals surface area contributed by atoms with Crippen LogP contribution in [0.2, 0.25) is 10.0 Å². The molecule has 1 N–H and O–H groups in total. The number of nitrogens with zero attached hydrogens (tertiary/aromatic N) is 1. The number of aromatic nitrogens is 1. The SMILES string of the molecule is CC(O)(c1cn(-c2c(Cl)cc(C(F)(F)F)cc2Cl)c2cccc(F)c12)C(F)(F)F. The second-order valence-electron chi connectivity index (χ2n) is 6.40. The first-order valence-electron chi connectivity index (χ1n) is 7.82. The lowest BCUT2D eigenvalue weighted by atomic mass is 9.95. The van der Waals surface area contributed by atoms with E-state index < -0.39 is 50.3 Å². The maximum absolute atomic E-state index is 14.4. The van der Waals surface area contributed by atoms with Crippen molar-refractivity contribution in [3.63, 3.8) is 0 Å². The largest absolute Gasteiger partial charge is 0.421 e. The molecule has 0 saturated carbocycles. The van der Waals surface area contributed by atoms with E-state index in [2.05, 4.69) is 0 Å². The fraction of sp³-hybridized carbons (Fsp3) is 0.222. The summed E-state index contributed by atoms with van der Waals surface area (Å²) in [5.74, 6) is -1.07. The van der Waals surface area contributed by atoms with Gasteiger partial charge in [0.1, 0.15) is 5.82 Å². The molecule has 0 bridgehead atoms. The Kier molecular flexibility index (Phi) is 5.08. The first kappa shape index (κ1) is 21.7. The molecular formula is C18H10Cl2F7NO. The van der Waals surface area contributed by atoms with Crippen LogP contribution < -0.4 is 0 Å². The van der Waals surface area contributed by atoms with E-state index in [0.717, 1.165) is 16.8 Å². The lowest BCUT2D eigenvalue weighted by molar-refractivity contribution is -0.258. The maximum atomic E-state index is 14.4. The average molecular weight is 460 g/mol. The minimum absolute atomic E-state index is 0.173. The van der Waals surface area contributed by atoms with Crippen LogP contribution >= 0.6 is 23.2 Å². The fourth-order valence-corrected chi connectivity index (χ4v) is 3.58. The Bertz CT molecular complexity index is 1080. The molecule has 1 aromatic heterocycles. The molecule has 1 heterocycles. The number of aliphatic hydroxyl groups is 1. The molecule has 11 heteroatoms. The van der Waals surface area contributed by atoms with Gasteiger partial charge in [-0.25, -0.2) is 4.39 Å². The Hall–Kier alpha value is -1.97. The van der Waals surface area contributed by atoms with Crippen LogP contribution in [-0.2, 0) is 11.8 Å². The summed E-state index contributed by atoms with van der Waals surface area (Å²) in [6, 6.07) is 4.40. The number of alkyl halides is 6. The lowest BCUT2D eigenvalue weighted by Crippen LogP contribution is -2.39. The van der Waals surface area contributed by atoms with Gasteiger partial charge >= 0.3 is 12.4 Å². The van der Waals surface area contributed by atoms with Crippen LogP contribution in [0, 0.1) is 5.82 Å². The topological polar surface area (TPSA) is 25.2 Å². The molecule has 0 amide bonds. The molecular weight excluding hydrogens is 450 g/mol. The zero-order valence-electron chi connectivity index (χ0n) is 14.3. The maximum Gasteiger partial charge on any atom is 0.421 e. The van der Waals surface area contributed by atoms with Crippen molar-refractivity contribution in [1.29, 1.82) is 0 Å².